The Morgan fingerprint density at radius 1 is 1.17 bits per heavy atom. The van der Waals surface area contributed by atoms with E-state index in [1.807, 2.05) is 0 Å². The Labute approximate surface area is 109 Å². The third-order valence-electron chi connectivity index (χ3n) is 2.60. The SMILES string of the molecule is Nc1ccc(C(=O)Cc2ccc(F)cc2)cc1Cl. The van der Waals surface area contributed by atoms with Crippen LogP contribution in [0.4, 0.5) is 10.1 Å². The van der Waals surface area contributed by atoms with Crippen LogP contribution in [0.2, 0.25) is 5.02 Å². The first-order valence-corrected chi connectivity index (χ1v) is 5.77. The molecule has 18 heavy (non-hydrogen) atoms. The Morgan fingerprint density at radius 3 is 2.44 bits per heavy atom. The van der Waals surface area contributed by atoms with E-state index in [1.54, 1.807) is 30.3 Å². The monoisotopic (exact) mass is 263 g/mol. The van der Waals surface area contributed by atoms with E-state index in [1.165, 1.54) is 12.1 Å². The summed E-state index contributed by atoms with van der Waals surface area (Å²) in [5.41, 5.74) is 7.27. The zero-order chi connectivity index (χ0) is 13.1. The minimum absolute atomic E-state index is 0.0801. The minimum atomic E-state index is -0.318. The van der Waals surface area contributed by atoms with Crippen molar-refractivity contribution in [2.24, 2.45) is 0 Å². The highest BCUT2D eigenvalue weighted by Crippen LogP contribution is 2.20. The molecule has 2 rings (SSSR count). The van der Waals surface area contributed by atoms with Gasteiger partial charge in [0.05, 0.1) is 10.7 Å². The average Bonchev–Trinajstić information content (AvgIpc) is 2.35. The van der Waals surface area contributed by atoms with Gasteiger partial charge in [0.2, 0.25) is 0 Å². The molecule has 92 valence electrons. The van der Waals surface area contributed by atoms with E-state index >= 15 is 0 Å². The number of rotatable bonds is 3. The fourth-order valence-electron chi connectivity index (χ4n) is 1.59. The molecule has 0 aliphatic carbocycles. The summed E-state index contributed by atoms with van der Waals surface area (Å²) in [4.78, 5) is 12.0. The highest BCUT2D eigenvalue weighted by molar-refractivity contribution is 6.33. The van der Waals surface area contributed by atoms with Crippen LogP contribution in [0.3, 0.4) is 0 Å². The van der Waals surface area contributed by atoms with E-state index in [4.69, 9.17) is 17.3 Å². The molecule has 0 saturated carbocycles. The van der Waals surface area contributed by atoms with Gasteiger partial charge in [0.15, 0.2) is 5.78 Å². The molecule has 0 spiro atoms. The molecule has 0 bridgehead atoms. The molecule has 2 aromatic carbocycles. The van der Waals surface area contributed by atoms with Gasteiger partial charge in [0.1, 0.15) is 5.82 Å². The van der Waals surface area contributed by atoms with Crippen LogP contribution >= 0.6 is 11.6 Å². The number of hydrogen-bond acceptors (Lipinski definition) is 2. The van der Waals surface area contributed by atoms with Gasteiger partial charge in [-0.25, -0.2) is 4.39 Å². The highest BCUT2D eigenvalue weighted by atomic mass is 35.5. The molecule has 2 N–H and O–H groups in total. The van der Waals surface area contributed by atoms with Gasteiger partial charge in [-0.05, 0) is 35.9 Å². The van der Waals surface area contributed by atoms with Crippen LogP contribution < -0.4 is 5.73 Å². The van der Waals surface area contributed by atoms with Gasteiger partial charge in [-0.1, -0.05) is 23.7 Å². The zero-order valence-electron chi connectivity index (χ0n) is 9.49. The Kier molecular flexibility index (Phi) is 3.63. The lowest BCUT2D eigenvalue weighted by Crippen LogP contribution is -2.04. The number of nitrogen functional groups attached to an aromatic ring is 1. The van der Waals surface area contributed by atoms with Crippen LogP contribution in [0.1, 0.15) is 15.9 Å². The van der Waals surface area contributed by atoms with Crippen LogP contribution in [0, 0.1) is 5.82 Å². The molecule has 0 aliphatic rings. The van der Waals surface area contributed by atoms with E-state index in [9.17, 15) is 9.18 Å². The Hall–Kier alpha value is -1.87. The van der Waals surface area contributed by atoms with Crippen molar-refractivity contribution in [1.82, 2.24) is 0 Å². The molecule has 2 aromatic rings. The Morgan fingerprint density at radius 2 is 1.83 bits per heavy atom. The molecule has 0 unspecified atom stereocenters. The normalized spacial score (nSPS) is 10.3. The van der Waals surface area contributed by atoms with Gasteiger partial charge in [-0.15, -0.1) is 0 Å². The van der Waals surface area contributed by atoms with E-state index in [0.717, 1.165) is 5.56 Å². The van der Waals surface area contributed by atoms with Crippen molar-refractivity contribution in [1.29, 1.82) is 0 Å². The van der Waals surface area contributed by atoms with Crippen molar-refractivity contribution in [3.8, 4) is 0 Å². The summed E-state index contributed by atoms with van der Waals surface area (Å²) in [5, 5.41) is 0.361. The largest absolute Gasteiger partial charge is 0.398 e. The summed E-state index contributed by atoms with van der Waals surface area (Å²) in [7, 11) is 0. The predicted octanol–water partition coefficient (Wildman–Crippen LogP) is 3.49. The van der Waals surface area contributed by atoms with Crippen LogP contribution in [0.25, 0.3) is 0 Å². The molecule has 0 atom stereocenters. The van der Waals surface area contributed by atoms with E-state index < -0.39 is 0 Å². The van der Waals surface area contributed by atoms with E-state index in [2.05, 4.69) is 0 Å². The van der Waals surface area contributed by atoms with Crippen molar-refractivity contribution in [3.63, 3.8) is 0 Å². The predicted molar refractivity (Wildman–Crippen MR) is 70.3 cm³/mol. The van der Waals surface area contributed by atoms with Crippen LogP contribution in [-0.2, 0) is 6.42 Å². The number of benzene rings is 2. The lowest BCUT2D eigenvalue weighted by Gasteiger charge is -2.04. The van der Waals surface area contributed by atoms with Crippen molar-refractivity contribution >= 4 is 23.1 Å². The van der Waals surface area contributed by atoms with Gasteiger partial charge >= 0.3 is 0 Å². The maximum Gasteiger partial charge on any atom is 0.167 e. The van der Waals surface area contributed by atoms with Crippen molar-refractivity contribution in [2.75, 3.05) is 5.73 Å². The molecule has 0 fully saturated rings. The Bertz CT molecular complexity index is 581. The van der Waals surface area contributed by atoms with Crippen LogP contribution in [0.5, 0.6) is 0 Å². The number of nitrogens with two attached hydrogens (primary N) is 1. The molecule has 2 nitrogen and oxygen atoms in total. The van der Waals surface area contributed by atoms with E-state index in [0.29, 0.717) is 16.3 Å². The fraction of sp³-hybridized carbons (Fsp3) is 0.0714. The van der Waals surface area contributed by atoms with Crippen molar-refractivity contribution in [3.05, 3.63) is 64.4 Å². The van der Waals surface area contributed by atoms with Crippen LogP contribution in [-0.4, -0.2) is 5.78 Å². The number of Topliss-reactive ketones (excluding diaryl/α,β-unsaturated/α-hetero) is 1. The van der Waals surface area contributed by atoms with E-state index in [-0.39, 0.29) is 18.0 Å². The van der Waals surface area contributed by atoms with Gasteiger partial charge in [-0.3, -0.25) is 4.79 Å². The van der Waals surface area contributed by atoms with Crippen molar-refractivity contribution in [2.45, 2.75) is 6.42 Å². The topological polar surface area (TPSA) is 43.1 Å². The fourth-order valence-corrected chi connectivity index (χ4v) is 1.77. The smallest absolute Gasteiger partial charge is 0.167 e. The molecule has 0 aliphatic heterocycles. The second-order valence-electron chi connectivity index (χ2n) is 3.96. The molecular weight excluding hydrogens is 253 g/mol. The van der Waals surface area contributed by atoms with Crippen LogP contribution in [0.15, 0.2) is 42.5 Å². The summed E-state index contributed by atoms with van der Waals surface area (Å²) < 4.78 is 12.7. The number of ketones is 1. The lowest BCUT2D eigenvalue weighted by molar-refractivity contribution is 0.0993. The summed E-state index contributed by atoms with van der Waals surface area (Å²) in [6.45, 7) is 0. The Balaban J connectivity index is 2.16. The second-order valence-corrected chi connectivity index (χ2v) is 4.37. The number of carbonyl (C=O) groups excluding carboxylic acids is 1. The van der Waals surface area contributed by atoms with Gasteiger partial charge in [0, 0.05) is 12.0 Å². The molecule has 0 saturated heterocycles. The highest BCUT2D eigenvalue weighted by Gasteiger charge is 2.09. The first kappa shape index (κ1) is 12.6. The quantitative estimate of drug-likeness (QED) is 0.680. The lowest BCUT2D eigenvalue weighted by atomic mass is 10.0. The summed E-state index contributed by atoms with van der Waals surface area (Å²) in [5.74, 6) is -0.398. The third-order valence-corrected chi connectivity index (χ3v) is 2.93. The summed E-state index contributed by atoms with van der Waals surface area (Å²) in [6.07, 6.45) is 0.209. The summed E-state index contributed by atoms with van der Waals surface area (Å²) >= 11 is 5.85. The summed E-state index contributed by atoms with van der Waals surface area (Å²) in [6, 6.07) is 10.6. The van der Waals surface area contributed by atoms with Gasteiger partial charge < -0.3 is 5.73 Å². The number of carbonyl (C=O) groups is 1. The standard InChI is InChI=1S/C14H11ClFNO/c15-12-8-10(3-6-13(12)17)14(18)7-9-1-4-11(16)5-2-9/h1-6,8H,7,17H2. The number of anilines is 1. The molecule has 4 heteroatoms. The molecule has 0 radical (unpaired) electrons. The molecule has 0 amide bonds. The first-order valence-electron chi connectivity index (χ1n) is 5.39. The molecule has 0 aromatic heterocycles. The minimum Gasteiger partial charge on any atom is -0.398 e. The number of halogens is 2. The van der Waals surface area contributed by atoms with Gasteiger partial charge in [-0.2, -0.15) is 0 Å². The molecule has 0 heterocycles. The number of hydrogen-bond donors (Lipinski definition) is 1. The maximum absolute atomic E-state index is 12.7. The van der Waals surface area contributed by atoms with Crippen molar-refractivity contribution < 1.29 is 9.18 Å². The second kappa shape index (κ2) is 5.19. The van der Waals surface area contributed by atoms with Gasteiger partial charge in [0.25, 0.3) is 0 Å². The third kappa shape index (κ3) is 2.87. The first-order chi connectivity index (χ1) is 8.56. The average molecular weight is 264 g/mol. The molecular formula is C14H11ClFNO. The zero-order valence-corrected chi connectivity index (χ0v) is 10.2. The maximum atomic E-state index is 12.7.